The van der Waals surface area contributed by atoms with Crippen LogP contribution in [0.4, 0.5) is 0 Å². The highest BCUT2D eigenvalue weighted by Gasteiger charge is 2.29. The van der Waals surface area contributed by atoms with Gasteiger partial charge in [0.25, 0.3) is 0 Å². The summed E-state index contributed by atoms with van der Waals surface area (Å²) in [5.41, 5.74) is 3.76. The molecule has 3 nitrogen and oxygen atoms in total. The Bertz CT molecular complexity index is 749. The van der Waals surface area contributed by atoms with Gasteiger partial charge in [-0.1, -0.05) is 29.3 Å². The van der Waals surface area contributed by atoms with E-state index in [9.17, 15) is 4.79 Å². The second-order valence-electron chi connectivity index (χ2n) is 5.96. The number of fused-ring (bicyclic) bond motifs is 1. The predicted octanol–water partition coefficient (Wildman–Crippen LogP) is 4.66. The molecule has 2 aliphatic heterocycles. The summed E-state index contributed by atoms with van der Waals surface area (Å²) in [6.07, 6.45) is 5.52. The fourth-order valence-electron chi connectivity index (χ4n) is 3.36. The normalized spacial score (nSPS) is 26.9. The molecule has 0 amide bonds. The third-order valence-electron chi connectivity index (χ3n) is 4.42. The molecule has 1 N–H and O–H groups in total. The van der Waals surface area contributed by atoms with Crippen LogP contribution in [0.3, 0.4) is 0 Å². The molecule has 0 saturated carbocycles. The largest absolute Gasteiger partial charge is 0.360 e. The van der Waals surface area contributed by atoms with Crippen molar-refractivity contribution in [3.8, 4) is 0 Å². The van der Waals surface area contributed by atoms with Crippen LogP contribution in [0.15, 0.2) is 46.2 Å². The smallest absolute Gasteiger partial charge is 0.158 e. The first-order valence-electron chi connectivity index (χ1n) is 7.64. The summed E-state index contributed by atoms with van der Waals surface area (Å²) in [5.74, 6) is 0.0659. The topological polar surface area (TPSA) is 41.5 Å². The molecular formula is C18H18Cl2N2O. The average molecular weight is 349 g/mol. The summed E-state index contributed by atoms with van der Waals surface area (Å²) in [7, 11) is 0. The molecule has 23 heavy (non-hydrogen) atoms. The second kappa shape index (κ2) is 6.50. The van der Waals surface area contributed by atoms with Crippen molar-refractivity contribution < 1.29 is 4.79 Å². The maximum atomic E-state index is 12.3. The second-order valence-corrected chi connectivity index (χ2v) is 6.77. The number of benzene rings is 1. The van der Waals surface area contributed by atoms with Crippen LogP contribution in [0.25, 0.3) is 0 Å². The minimum Gasteiger partial charge on any atom is -0.360 e. The van der Waals surface area contributed by atoms with Gasteiger partial charge in [0, 0.05) is 29.1 Å². The average Bonchev–Trinajstić information content (AvgIpc) is 2.90. The third-order valence-corrected chi connectivity index (χ3v) is 5.16. The monoisotopic (exact) mass is 348 g/mol. The first-order chi connectivity index (χ1) is 11.0. The number of hydrogen-bond acceptors (Lipinski definition) is 3. The predicted molar refractivity (Wildman–Crippen MR) is 95.3 cm³/mol. The molecule has 0 bridgehead atoms. The molecule has 3 rings (SSSR count). The van der Waals surface area contributed by atoms with Gasteiger partial charge in [-0.3, -0.25) is 9.79 Å². The number of halogens is 2. The van der Waals surface area contributed by atoms with Gasteiger partial charge >= 0.3 is 0 Å². The van der Waals surface area contributed by atoms with Gasteiger partial charge in [0.15, 0.2) is 5.78 Å². The number of rotatable bonds is 2. The van der Waals surface area contributed by atoms with Crippen LogP contribution in [0.1, 0.15) is 38.2 Å². The van der Waals surface area contributed by atoms with E-state index in [4.69, 9.17) is 23.2 Å². The molecule has 2 aliphatic rings. The van der Waals surface area contributed by atoms with Crippen LogP contribution in [0.5, 0.6) is 0 Å². The zero-order chi connectivity index (χ0) is 16.6. The van der Waals surface area contributed by atoms with Crippen LogP contribution in [0, 0.1) is 0 Å². The number of carbonyl (C=O) groups is 1. The number of carbonyl (C=O) groups excluding carboxylic acids is 1. The van der Waals surface area contributed by atoms with E-state index in [0.717, 1.165) is 35.4 Å². The van der Waals surface area contributed by atoms with Crippen molar-refractivity contribution >= 4 is 35.2 Å². The lowest BCUT2D eigenvalue weighted by Gasteiger charge is -2.28. The molecule has 2 atom stereocenters. The van der Waals surface area contributed by atoms with E-state index in [0.29, 0.717) is 10.0 Å². The standard InChI is InChI=1S/C18H18Cl2N2O/c1-10-18(11(2)23)13(12-3-5-14(19)15(20)9-12)4-6-16-17(22-10)7-8-21-16/h3,5,7-9,13,16,22H,4,6H2,1-2H3/b18-10-. The summed E-state index contributed by atoms with van der Waals surface area (Å²) >= 11 is 12.2. The van der Waals surface area contributed by atoms with Crippen molar-refractivity contribution in [3.05, 3.63) is 56.9 Å². The Kier molecular flexibility index (Phi) is 4.60. The van der Waals surface area contributed by atoms with E-state index in [1.165, 1.54) is 0 Å². The number of nitrogens with one attached hydrogen (secondary N) is 1. The van der Waals surface area contributed by atoms with E-state index in [-0.39, 0.29) is 17.7 Å². The van der Waals surface area contributed by atoms with E-state index >= 15 is 0 Å². The summed E-state index contributed by atoms with van der Waals surface area (Å²) in [5, 5.41) is 4.41. The Morgan fingerprint density at radius 2 is 2.04 bits per heavy atom. The molecule has 0 fully saturated rings. The Morgan fingerprint density at radius 1 is 1.26 bits per heavy atom. The molecule has 0 aliphatic carbocycles. The van der Waals surface area contributed by atoms with Crippen LogP contribution >= 0.6 is 23.2 Å². The van der Waals surface area contributed by atoms with Gasteiger partial charge in [0.05, 0.1) is 16.1 Å². The van der Waals surface area contributed by atoms with Crippen LogP contribution < -0.4 is 5.32 Å². The molecule has 2 unspecified atom stereocenters. The molecule has 1 aromatic rings. The fourth-order valence-corrected chi connectivity index (χ4v) is 3.67. The maximum Gasteiger partial charge on any atom is 0.158 e. The van der Waals surface area contributed by atoms with Crippen molar-refractivity contribution in [2.24, 2.45) is 4.99 Å². The van der Waals surface area contributed by atoms with Gasteiger partial charge in [0.2, 0.25) is 0 Å². The van der Waals surface area contributed by atoms with Crippen LogP contribution in [-0.2, 0) is 4.79 Å². The highest BCUT2D eigenvalue weighted by molar-refractivity contribution is 6.42. The van der Waals surface area contributed by atoms with Crippen LogP contribution in [0.2, 0.25) is 10.0 Å². The van der Waals surface area contributed by atoms with E-state index in [1.54, 1.807) is 13.0 Å². The van der Waals surface area contributed by atoms with Crippen molar-refractivity contribution in [1.29, 1.82) is 0 Å². The fraction of sp³-hybridized carbons (Fsp3) is 0.333. The number of Topliss-reactive ketones (excluding diaryl/α,β-unsaturated/α-hetero) is 1. The quantitative estimate of drug-likeness (QED) is 0.844. The van der Waals surface area contributed by atoms with Gasteiger partial charge in [-0.25, -0.2) is 0 Å². The molecule has 1 aromatic carbocycles. The molecule has 0 aromatic heterocycles. The van der Waals surface area contributed by atoms with Gasteiger partial charge in [0.1, 0.15) is 0 Å². The molecule has 120 valence electrons. The first kappa shape index (κ1) is 16.3. The Morgan fingerprint density at radius 3 is 2.74 bits per heavy atom. The SMILES string of the molecule is CC(=O)/C1=C(\C)NC2=CC=NC2CCC1c1ccc(Cl)c(Cl)c1. The van der Waals surface area contributed by atoms with Gasteiger partial charge in [-0.15, -0.1) is 0 Å². The molecular weight excluding hydrogens is 331 g/mol. The number of allylic oxidation sites excluding steroid dienone is 3. The Balaban J connectivity index is 2.06. The zero-order valence-electron chi connectivity index (χ0n) is 13.1. The lowest BCUT2D eigenvalue weighted by atomic mass is 9.82. The molecule has 5 heteroatoms. The molecule has 0 spiro atoms. The van der Waals surface area contributed by atoms with Gasteiger partial charge in [-0.2, -0.15) is 0 Å². The Hall–Kier alpha value is -1.58. The molecule has 0 radical (unpaired) electrons. The molecule has 2 heterocycles. The van der Waals surface area contributed by atoms with E-state index in [2.05, 4.69) is 10.3 Å². The van der Waals surface area contributed by atoms with E-state index in [1.807, 2.05) is 31.3 Å². The number of nitrogens with zero attached hydrogens (tertiary/aromatic N) is 1. The van der Waals surface area contributed by atoms with E-state index < -0.39 is 0 Å². The Labute approximate surface area is 146 Å². The summed E-state index contributed by atoms with van der Waals surface area (Å²) in [6.45, 7) is 3.56. The van der Waals surface area contributed by atoms with Gasteiger partial charge in [-0.05, 0) is 50.5 Å². The third kappa shape index (κ3) is 3.22. The van der Waals surface area contributed by atoms with Crippen molar-refractivity contribution in [3.63, 3.8) is 0 Å². The summed E-state index contributed by atoms with van der Waals surface area (Å²) in [4.78, 5) is 16.8. The zero-order valence-corrected chi connectivity index (χ0v) is 14.6. The minimum atomic E-state index is -0.00730. The lowest BCUT2D eigenvalue weighted by molar-refractivity contribution is -0.114. The maximum absolute atomic E-state index is 12.3. The van der Waals surface area contributed by atoms with Crippen molar-refractivity contribution in [1.82, 2.24) is 5.32 Å². The summed E-state index contributed by atoms with van der Waals surface area (Å²) in [6, 6.07) is 5.74. The minimum absolute atomic E-state index is 0.00730. The number of ketones is 1. The van der Waals surface area contributed by atoms with Crippen LogP contribution in [-0.4, -0.2) is 18.0 Å². The number of hydrogen-bond donors (Lipinski definition) is 1. The molecule has 0 saturated heterocycles. The lowest BCUT2D eigenvalue weighted by Crippen LogP contribution is -2.27. The van der Waals surface area contributed by atoms with Crippen molar-refractivity contribution in [2.45, 2.75) is 38.6 Å². The highest BCUT2D eigenvalue weighted by Crippen LogP contribution is 2.37. The summed E-state index contributed by atoms with van der Waals surface area (Å²) < 4.78 is 0. The first-order valence-corrected chi connectivity index (χ1v) is 8.40. The van der Waals surface area contributed by atoms with Gasteiger partial charge < -0.3 is 5.32 Å². The number of aliphatic imine (C=N–C) groups is 1. The highest BCUT2D eigenvalue weighted by atomic mass is 35.5. The van der Waals surface area contributed by atoms with Crippen molar-refractivity contribution in [2.75, 3.05) is 0 Å².